The summed E-state index contributed by atoms with van der Waals surface area (Å²) in [5, 5.41) is 23.0. The number of sulfonamides is 1. The van der Waals surface area contributed by atoms with Gasteiger partial charge in [0.2, 0.25) is 10.0 Å². The number of halogens is 1. The molecular formula is C16H20FN3O4S. The Labute approximate surface area is 145 Å². The third kappa shape index (κ3) is 3.45. The number of aliphatic hydroxyl groups is 2. The van der Waals surface area contributed by atoms with Gasteiger partial charge in [-0.05, 0) is 37.1 Å². The Morgan fingerprint density at radius 2 is 2.08 bits per heavy atom. The Hall–Kier alpha value is -1.81. The third-order valence-electron chi connectivity index (χ3n) is 4.28. The second kappa shape index (κ2) is 6.83. The number of benzene rings is 1. The van der Waals surface area contributed by atoms with Crippen LogP contribution in [0.4, 0.5) is 4.39 Å². The number of rotatable bonds is 4. The zero-order valence-corrected chi connectivity index (χ0v) is 14.6. The van der Waals surface area contributed by atoms with Crippen molar-refractivity contribution in [1.29, 1.82) is 0 Å². The van der Waals surface area contributed by atoms with Crippen molar-refractivity contribution < 1.29 is 23.0 Å². The number of aromatic nitrogens is 2. The summed E-state index contributed by atoms with van der Waals surface area (Å²) in [4.78, 5) is -0.0453. The monoisotopic (exact) mass is 369 g/mol. The van der Waals surface area contributed by atoms with Crippen LogP contribution < -0.4 is 0 Å². The van der Waals surface area contributed by atoms with Gasteiger partial charge in [-0.2, -0.15) is 9.40 Å². The van der Waals surface area contributed by atoms with Crippen LogP contribution in [0.25, 0.3) is 0 Å². The molecule has 136 valence electrons. The molecule has 0 aliphatic carbocycles. The minimum Gasteiger partial charge on any atom is -0.393 e. The maximum atomic E-state index is 13.5. The lowest BCUT2D eigenvalue weighted by Gasteiger charge is -2.21. The molecule has 2 aromatic rings. The Morgan fingerprint density at radius 3 is 2.80 bits per heavy atom. The van der Waals surface area contributed by atoms with E-state index in [2.05, 4.69) is 5.10 Å². The summed E-state index contributed by atoms with van der Waals surface area (Å²) in [5.41, 5.74) is 1.41. The highest BCUT2D eigenvalue weighted by molar-refractivity contribution is 7.89. The number of aryl methyl sites for hydroxylation is 2. The first kappa shape index (κ1) is 18.0. The summed E-state index contributed by atoms with van der Waals surface area (Å²) in [6.45, 7) is 2.04. The minimum atomic E-state index is -3.86. The first-order chi connectivity index (χ1) is 11.8. The van der Waals surface area contributed by atoms with Crippen molar-refractivity contribution >= 4 is 10.0 Å². The van der Waals surface area contributed by atoms with Crippen molar-refractivity contribution in [2.24, 2.45) is 0 Å². The van der Waals surface area contributed by atoms with E-state index in [0.717, 1.165) is 6.07 Å². The van der Waals surface area contributed by atoms with Crippen LogP contribution in [-0.2, 0) is 23.1 Å². The second-order valence-corrected chi connectivity index (χ2v) is 7.99. The molecule has 0 saturated heterocycles. The summed E-state index contributed by atoms with van der Waals surface area (Å²) in [5.74, 6) is -0.600. The molecule has 1 atom stereocenters. The van der Waals surface area contributed by atoms with Gasteiger partial charge in [0.1, 0.15) is 11.9 Å². The van der Waals surface area contributed by atoms with Crippen LogP contribution in [0.3, 0.4) is 0 Å². The smallest absolute Gasteiger partial charge is 0.243 e. The molecule has 3 rings (SSSR count). The van der Waals surface area contributed by atoms with E-state index < -0.39 is 28.6 Å². The highest BCUT2D eigenvalue weighted by Gasteiger charge is 2.30. The molecule has 7 nitrogen and oxygen atoms in total. The first-order valence-corrected chi connectivity index (χ1v) is 9.39. The average molecular weight is 369 g/mol. The topological polar surface area (TPSA) is 95.7 Å². The molecule has 1 aromatic carbocycles. The Balaban J connectivity index is 1.95. The van der Waals surface area contributed by atoms with E-state index in [-0.39, 0.29) is 11.4 Å². The summed E-state index contributed by atoms with van der Waals surface area (Å²) in [6.07, 6.45) is -0.563. The van der Waals surface area contributed by atoms with Crippen LogP contribution in [0, 0.1) is 12.7 Å². The van der Waals surface area contributed by atoms with Crippen LogP contribution in [0.2, 0.25) is 0 Å². The number of hydrogen-bond acceptors (Lipinski definition) is 5. The van der Waals surface area contributed by atoms with Crippen LogP contribution >= 0.6 is 0 Å². The number of aliphatic hydroxyl groups excluding tert-OH is 2. The van der Waals surface area contributed by atoms with Crippen molar-refractivity contribution in [3.63, 3.8) is 0 Å². The predicted octanol–water partition coefficient (Wildman–Crippen LogP) is 0.951. The Bertz CT molecular complexity index is 882. The predicted molar refractivity (Wildman–Crippen MR) is 87.6 cm³/mol. The molecule has 0 saturated carbocycles. The van der Waals surface area contributed by atoms with Crippen molar-refractivity contribution in [2.45, 2.75) is 37.4 Å². The van der Waals surface area contributed by atoms with Gasteiger partial charge in [0.15, 0.2) is 0 Å². The quantitative estimate of drug-likeness (QED) is 0.837. The molecule has 0 amide bonds. The van der Waals surface area contributed by atoms with E-state index in [1.54, 1.807) is 17.7 Å². The van der Waals surface area contributed by atoms with E-state index in [1.165, 1.54) is 16.4 Å². The molecule has 25 heavy (non-hydrogen) atoms. The van der Waals surface area contributed by atoms with Crippen molar-refractivity contribution in [3.8, 4) is 0 Å². The Kier molecular flexibility index (Phi) is 4.92. The van der Waals surface area contributed by atoms with E-state index >= 15 is 0 Å². The number of nitrogens with zero attached hydrogens (tertiary/aromatic N) is 3. The van der Waals surface area contributed by atoms with Crippen molar-refractivity contribution in [2.75, 3.05) is 13.2 Å². The zero-order valence-electron chi connectivity index (χ0n) is 13.8. The van der Waals surface area contributed by atoms with Crippen molar-refractivity contribution in [3.05, 3.63) is 47.0 Å². The SMILES string of the molecule is Cc1ccc(F)cc1S(=O)(=O)N1CCCn2nc(C(O)CO)cc2C1. The Morgan fingerprint density at radius 1 is 1.32 bits per heavy atom. The lowest BCUT2D eigenvalue weighted by atomic mass is 10.2. The standard InChI is InChI=1S/C16H20FN3O4S/c1-11-3-4-12(17)7-16(11)25(23,24)19-5-2-6-20-13(9-19)8-14(18-20)15(22)10-21/h3-4,7-8,15,21-22H,2,5-6,9-10H2,1H3. The zero-order chi connectivity index (χ0) is 18.2. The fourth-order valence-electron chi connectivity index (χ4n) is 2.91. The molecule has 1 aromatic heterocycles. The van der Waals surface area contributed by atoms with Crippen LogP contribution in [0.1, 0.15) is 29.5 Å². The van der Waals surface area contributed by atoms with Crippen LogP contribution in [0.5, 0.6) is 0 Å². The molecule has 1 unspecified atom stereocenters. The van der Waals surface area contributed by atoms with E-state index in [4.69, 9.17) is 5.11 Å². The second-order valence-electron chi connectivity index (χ2n) is 6.08. The molecule has 1 aliphatic heterocycles. The van der Waals surface area contributed by atoms with Gasteiger partial charge in [-0.3, -0.25) is 4.68 Å². The molecule has 0 radical (unpaired) electrons. The van der Waals surface area contributed by atoms with E-state index in [0.29, 0.717) is 36.5 Å². The highest BCUT2D eigenvalue weighted by atomic mass is 32.2. The summed E-state index contributed by atoms with van der Waals surface area (Å²) < 4.78 is 42.4. The molecular weight excluding hydrogens is 349 g/mol. The molecule has 1 aliphatic rings. The third-order valence-corrected chi connectivity index (χ3v) is 6.27. The van der Waals surface area contributed by atoms with Crippen LogP contribution in [0.15, 0.2) is 29.2 Å². The maximum Gasteiger partial charge on any atom is 0.243 e. The summed E-state index contributed by atoms with van der Waals surface area (Å²) >= 11 is 0. The van der Waals surface area contributed by atoms with E-state index in [1.807, 2.05) is 0 Å². The lowest BCUT2D eigenvalue weighted by molar-refractivity contribution is 0.0916. The largest absolute Gasteiger partial charge is 0.393 e. The van der Waals surface area contributed by atoms with Gasteiger partial charge in [0, 0.05) is 13.1 Å². The van der Waals surface area contributed by atoms with Gasteiger partial charge in [0.25, 0.3) is 0 Å². The number of hydrogen-bond donors (Lipinski definition) is 2. The minimum absolute atomic E-state index is 0.0453. The first-order valence-electron chi connectivity index (χ1n) is 7.95. The molecule has 9 heteroatoms. The van der Waals surface area contributed by atoms with Crippen LogP contribution in [-0.4, -0.2) is 45.9 Å². The van der Waals surface area contributed by atoms with Gasteiger partial charge < -0.3 is 10.2 Å². The molecule has 0 bridgehead atoms. The average Bonchev–Trinajstić information content (AvgIpc) is 2.87. The molecule has 0 fully saturated rings. The fourth-order valence-corrected chi connectivity index (χ4v) is 4.59. The molecule has 2 heterocycles. The fraction of sp³-hybridized carbons (Fsp3) is 0.438. The maximum absolute atomic E-state index is 13.5. The van der Waals surface area contributed by atoms with Gasteiger partial charge in [-0.15, -0.1) is 0 Å². The van der Waals surface area contributed by atoms with Gasteiger partial charge in [-0.25, -0.2) is 12.8 Å². The lowest BCUT2D eigenvalue weighted by Crippen LogP contribution is -2.31. The van der Waals surface area contributed by atoms with Crippen molar-refractivity contribution in [1.82, 2.24) is 14.1 Å². The summed E-state index contributed by atoms with van der Waals surface area (Å²) in [6, 6.07) is 5.30. The van der Waals surface area contributed by atoms with Gasteiger partial charge in [0.05, 0.1) is 29.4 Å². The number of fused-ring (bicyclic) bond motifs is 1. The highest BCUT2D eigenvalue weighted by Crippen LogP contribution is 2.25. The van der Waals surface area contributed by atoms with Gasteiger partial charge >= 0.3 is 0 Å². The van der Waals surface area contributed by atoms with E-state index in [9.17, 15) is 17.9 Å². The molecule has 2 N–H and O–H groups in total. The summed E-state index contributed by atoms with van der Waals surface area (Å²) in [7, 11) is -3.86. The molecule has 0 spiro atoms. The normalized spacial score (nSPS) is 17.1. The van der Waals surface area contributed by atoms with Gasteiger partial charge in [-0.1, -0.05) is 6.07 Å².